The molecule has 1 rings (SSSR count). The second kappa shape index (κ2) is 9.89. The first-order chi connectivity index (χ1) is 10.6. The molecule has 0 spiro atoms. The summed E-state index contributed by atoms with van der Waals surface area (Å²) in [6, 6.07) is 7.81. The van der Waals surface area contributed by atoms with Crippen molar-refractivity contribution >= 4 is 5.91 Å². The van der Waals surface area contributed by atoms with Gasteiger partial charge in [-0.2, -0.15) is 0 Å². The summed E-state index contributed by atoms with van der Waals surface area (Å²) in [6.45, 7) is 7.43. The first kappa shape index (κ1) is 18.1. The van der Waals surface area contributed by atoms with E-state index in [2.05, 4.69) is 32.0 Å². The van der Waals surface area contributed by atoms with Crippen LogP contribution in [0.15, 0.2) is 24.3 Å². The Morgan fingerprint density at radius 2 is 2.00 bits per heavy atom. The average molecular weight is 301 g/mol. The molecule has 0 saturated carbocycles. The van der Waals surface area contributed by atoms with E-state index in [-0.39, 0.29) is 12.5 Å². The molecule has 1 unspecified atom stereocenters. The van der Waals surface area contributed by atoms with Crippen LogP contribution in [0.3, 0.4) is 0 Å². The maximum Gasteiger partial charge on any atom is 0.220 e. The number of carbonyl (C=O) groups excluding carboxylic acids is 1. The van der Waals surface area contributed by atoms with Gasteiger partial charge in [-0.25, -0.2) is 0 Å². The summed E-state index contributed by atoms with van der Waals surface area (Å²) in [4.78, 5) is 11.9. The van der Waals surface area contributed by atoms with Crippen LogP contribution in [-0.2, 0) is 11.2 Å². The minimum atomic E-state index is 0.148. The predicted molar refractivity (Wildman–Crippen MR) is 90.7 cm³/mol. The van der Waals surface area contributed by atoms with Crippen molar-refractivity contribution in [2.75, 3.05) is 13.2 Å². The topological polar surface area (TPSA) is 38.3 Å². The van der Waals surface area contributed by atoms with Crippen molar-refractivity contribution in [3.63, 3.8) is 0 Å². The zero-order valence-corrected chi connectivity index (χ0v) is 13.9. The fraction of sp³-hybridized carbons (Fsp3) is 0.526. The number of benzene rings is 1. The van der Waals surface area contributed by atoms with Crippen LogP contribution in [0.2, 0.25) is 0 Å². The van der Waals surface area contributed by atoms with E-state index < -0.39 is 0 Å². The van der Waals surface area contributed by atoms with Gasteiger partial charge in [0.15, 0.2) is 0 Å². The van der Waals surface area contributed by atoms with Gasteiger partial charge in [0.2, 0.25) is 5.91 Å². The van der Waals surface area contributed by atoms with Crippen LogP contribution >= 0.6 is 0 Å². The van der Waals surface area contributed by atoms with Crippen molar-refractivity contribution in [1.82, 2.24) is 5.32 Å². The summed E-state index contributed by atoms with van der Waals surface area (Å²) in [5, 5.41) is 3.00. The van der Waals surface area contributed by atoms with E-state index in [9.17, 15) is 4.79 Å². The van der Waals surface area contributed by atoms with Crippen LogP contribution < -0.4 is 10.1 Å². The largest absolute Gasteiger partial charge is 0.481 e. The van der Waals surface area contributed by atoms with E-state index in [0.29, 0.717) is 24.8 Å². The first-order valence-corrected chi connectivity index (χ1v) is 7.98. The van der Waals surface area contributed by atoms with E-state index in [0.717, 1.165) is 18.6 Å². The molecule has 0 fully saturated rings. The number of amides is 1. The van der Waals surface area contributed by atoms with Gasteiger partial charge in [-0.15, -0.1) is 6.42 Å². The number of ether oxygens (including phenoxy) is 1. The number of terminal acetylenes is 1. The molecule has 22 heavy (non-hydrogen) atoms. The highest BCUT2D eigenvalue weighted by molar-refractivity contribution is 5.76. The summed E-state index contributed by atoms with van der Waals surface area (Å²) in [5.74, 6) is 4.37. The zero-order valence-electron chi connectivity index (χ0n) is 13.9. The second-order valence-electron chi connectivity index (χ2n) is 5.85. The second-order valence-corrected chi connectivity index (χ2v) is 5.85. The molecule has 0 aliphatic carbocycles. The number of hydrogen-bond donors (Lipinski definition) is 1. The summed E-state index contributed by atoms with van der Waals surface area (Å²) < 4.78 is 5.33. The lowest BCUT2D eigenvalue weighted by Gasteiger charge is -2.18. The van der Waals surface area contributed by atoms with Crippen LogP contribution in [0, 0.1) is 24.2 Å². The molecule has 0 radical (unpaired) electrons. The average Bonchev–Trinajstić information content (AvgIpc) is 2.51. The third-order valence-corrected chi connectivity index (χ3v) is 3.90. The molecule has 0 saturated heterocycles. The van der Waals surface area contributed by atoms with Gasteiger partial charge >= 0.3 is 0 Å². The molecule has 3 nitrogen and oxygen atoms in total. The Bertz CT molecular complexity index is 485. The standard InChI is InChI=1S/C19H27NO2/c1-5-13-22-18-9-7-16(8-10-18)11-12-20-19(21)14-17(6-2)15(3)4/h1,7-10,15,17H,6,11-14H2,2-4H3,(H,20,21). The van der Waals surface area contributed by atoms with E-state index in [1.807, 2.05) is 24.3 Å². The molecule has 0 heterocycles. The highest BCUT2D eigenvalue weighted by Gasteiger charge is 2.15. The summed E-state index contributed by atoms with van der Waals surface area (Å²) in [6.07, 6.45) is 7.63. The van der Waals surface area contributed by atoms with Gasteiger partial charge in [-0.1, -0.05) is 45.2 Å². The molecule has 0 aliphatic rings. The lowest BCUT2D eigenvalue weighted by Crippen LogP contribution is -2.28. The van der Waals surface area contributed by atoms with E-state index in [1.165, 1.54) is 5.56 Å². The van der Waals surface area contributed by atoms with Gasteiger partial charge in [0.1, 0.15) is 12.4 Å². The van der Waals surface area contributed by atoms with Gasteiger partial charge in [-0.05, 0) is 36.0 Å². The lowest BCUT2D eigenvalue weighted by molar-refractivity contribution is -0.122. The van der Waals surface area contributed by atoms with E-state index in [1.54, 1.807) is 0 Å². The molecule has 1 amide bonds. The quantitative estimate of drug-likeness (QED) is 0.710. The van der Waals surface area contributed by atoms with Crippen LogP contribution in [-0.4, -0.2) is 19.1 Å². The zero-order chi connectivity index (χ0) is 16.4. The van der Waals surface area contributed by atoms with Crippen molar-refractivity contribution in [3.05, 3.63) is 29.8 Å². The summed E-state index contributed by atoms with van der Waals surface area (Å²) >= 11 is 0. The van der Waals surface area contributed by atoms with Gasteiger partial charge < -0.3 is 10.1 Å². The molecular weight excluding hydrogens is 274 g/mol. The smallest absolute Gasteiger partial charge is 0.220 e. The number of nitrogens with one attached hydrogen (secondary N) is 1. The minimum Gasteiger partial charge on any atom is -0.481 e. The lowest BCUT2D eigenvalue weighted by atomic mass is 9.90. The van der Waals surface area contributed by atoms with E-state index in [4.69, 9.17) is 11.2 Å². The molecule has 1 atom stereocenters. The molecule has 0 bridgehead atoms. The Morgan fingerprint density at radius 3 is 2.55 bits per heavy atom. The Kier molecular flexibility index (Phi) is 8.14. The highest BCUT2D eigenvalue weighted by Crippen LogP contribution is 2.18. The van der Waals surface area contributed by atoms with Crippen LogP contribution in [0.4, 0.5) is 0 Å². The first-order valence-electron chi connectivity index (χ1n) is 7.98. The molecule has 1 aromatic rings. The van der Waals surface area contributed by atoms with Crippen molar-refractivity contribution in [2.45, 2.75) is 40.0 Å². The van der Waals surface area contributed by atoms with Gasteiger partial charge in [-0.3, -0.25) is 4.79 Å². The van der Waals surface area contributed by atoms with E-state index >= 15 is 0 Å². The molecular formula is C19H27NO2. The van der Waals surface area contributed by atoms with Crippen molar-refractivity contribution in [2.24, 2.45) is 11.8 Å². The Labute approximate surface area is 134 Å². The van der Waals surface area contributed by atoms with Crippen LogP contribution in [0.5, 0.6) is 5.75 Å². The number of hydrogen-bond acceptors (Lipinski definition) is 2. The molecule has 3 heteroatoms. The SMILES string of the molecule is C#CCOc1ccc(CCNC(=O)CC(CC)C(C)C)cc1. The number of carbonyl (C=O) groups is 1. The highest BCUT2D eigenvalue weighted by atomic mass is 16.5. The van der Waals surface area contributed by atoms with Crippen molar-refractivity contribution in [1.29, 1.82) is 0 Å². The monoisotopic (exact) mass is 301 g/mol. The molecule has 0 aromatic heterocycles. The van der Waals surface area contributed by atoms with Gasteiger partial charge in [0, 0.05) is 13.0 Å². The summed E-state index contributed by atoms with van der Waals surface area (Å²) in [7, 11) is 0. The third-order valence-electron chi connectivity index (χ3n) is 3.90. The maximum absolute atomic E-state index is 11.9. The molecule has 0 aliphatic heterocycles. The van der Waals surface area contributed by atoms with Gasteiger partial charge in [0.25, 0.3) is 0 Å². The third kappa shape index (κ3) is 6.67. The Hall–Kier alpha value is -1.95. The summed E-state index contributed by atoms with van der Waals surface area (Å²) in [5.41, 5.74) is 1.17. The predicted octanol–water partition coefficient (Wildman–Crippen LogP) is 3.43. The van der Waals surface area contributed by atoms with Crippen LogP contribution in [0.1, 0.15) is 39.2 Å². The van der Waals surface area contributed by atoms with Crippen molar-refractivity contribution in [3.8, 4) is 18.1 Å². The minimum absolute atomic E-state index is 0.148. The molecule has 1 N–H and O–H groups in total. The van der Waals surface area contributed by atoms with Crippen molar-refractivity contribution < 1.29 is 9.53 Å². The number of rotatable bonds is 9. The van der Waals surface area contributed by atoms with Gasteiger partial charge in [0.05, 0.1) is 0 Å². The maximum atomic E-state index is 11.9. The fourth-order valence-electron chi connectivity index (χ4n) is 2.39. The Balaban J connectivity index is 2.31. The molecule has 1 aromatic carbocycles. The van der Waals surface area contributed by atoms with Crippen LogP contribution in [0.25, 0.3) is 0 Å². The molecule has 120 valence electrons. The fourth-order valence-corrected chi connectivity index (χ4v) is 2.39. The normalized spacial score (nSPS) is 11.8. The Morgan fingerprint density at radius 1 is 1.32 bits per heavy atom.